The molecule has 2 aromatic rings. The van der Waals surface area contributed by atoms with Crippen LogP contribution in [0.15, 0.2) is 64.1 Å². The quantitative estimate of drug-likeness (QED) is 0.197. The van der Waals surface area contributed by atoms with E-state index in [0.717, 1.165) is 56.9 Å². The molecule has 282 valence electrons. The van der Waals surface area contributed by atoms with Crippen LogP contribution >= 0.6 is 11.3 Å². The van der Waals surface area contributed by atoms with Crippen LogP contribution < -0.4 is 0 Å². The van der Waals surface area contributed by atoms with Gasteiger partial charge in [-0.25, -0.2) is 4.79 Å². The predicted molar refractivity (Wildman–Crippen MR) is 203 cm³/mol. The molecule has 9 rings (SSSR count). The molecule has 7 nitrogen and oxygen atoms in total. The number of Topliss-reactive ketones (excluding diaryl/α,β-unsaturated/α-hetero) is 1. The second-order valence-electron chi connectivity index (χ2n) is 18.6. The SMILES string of the molecule is CC1CCC(C(C)C)C(OC(=O)N(CCc2cccs2)CC2(O)CCC3C45C=CC6(C=C4C(=O)c4ccco4)CC(O)CCC6(C)C5CCC32C)C1. The molecule has 0 radical (unpaired) electrons. The normalized spacial score (nSPS) is 42.0. The summed E-state index contributed by atoms with van der Waals surface area (Å²) in [6, 6.07) is 7.69. The lowest BCUT2D eigenvalue weighted by atomic mass is 9.32. The van der Waals surface area contributed by atoms with E-state index in [1.165, 1.54) is 4.88 Å². The standard InChI is InChI=1S/C44H59NO6S/c1-28(2)32-11-10-29(3)24-35(32)51-39(48)45(21-15-31-8-7-23-52-31)27-43(49)18-14-37-41(43,5)17-13-36-40(4)16-12-30(46)25-42(40)19-20-44(36,37)33(26-42)38(47)34-9-6-22-50-34/h6-9,19-20,22-23,26,28-30,32,35-37,46,49H,10-18,21,24-25,27H2,1-5H3. The maximum atomic E-state index is 14.6. The van der Waals surface area contributed by atoms with Gasteiger partial charge >= 0.3 is 6.09 Å². The average molecular weight is 730 g/mol. The minimum Gasteiger partial charge on any atom is -0.461 e. The number of fused-ring (bicyclic) bond motifs is 1. The Morgan fingerprint density at radius 1 is 1.02 bits per heavy atom. The van der Waals surface area contributed by atoms with E-state index < -0.39 is 27.9 Å². The van der Waals surface area contributed by atoms with E-state index in [4.69, 9.17) is 9.15 Å². The monoisotopic (exact) mass is 729 g/mol. The van der Waals surface area contributed by atoms with Crippen LogP contribution in [0, 0.1) is 51.2 Å². The number of rotatable bonds is 9. The Morgan fingerprint density at radius 3 is 2.52 bits per heavy atom. The second-order valence-corrected chi connectivity index (χ2v) is 19.6. The summed E-state index contributed by atoms with van der Waals surface area (Å²) in [7, 11) is 0. The summed E-state index contributed by atoms with van der Waals surface area (Å²) < 4.78 is 12.2. The van der Waals surface area contributed by atoms with Gasteiger partial charge < -0.3 is 24.3 Å². The summed E-state index contributed by atoms with van der Waals surface area (Å²) in [5.41, 5.74) is -2.03. The molecule has 4 saturated carbocycles. The Morgan fingerprint density at radius 2 is 1.79 bits per heavy atom. The fourth-order valence-electron chi connectivity index (χ4n) is 12.8. The number of furan rings is 1. The first kappa shape index (κ1) is 36.3. The molecule has 11 unspecified atom stereocenters. The molecular weight excluding hydrogens is 671 g/mol. The van der Waals surface area contributed by atoms with Crippen molar-refractivity contribution in [2.24, 2.45) is 51.2 Å². The Balaban J connectivity index is 1.14. The summed E-state index contributed by atoms with van der Waals surface area (Å²) >= 11 is 1.70. The molecule has 2 N–H and O–H groups in total. The smallest absolute Gasteiger partial charge is 0.410 e. The zero-order valence-electron chi connectivity index (χ0n) is 31.8. The molecule has 0 saturated heterocycles. The van der Waals surface area contributed by atoms with E-state index in [9.17, 15) is 19.8 Å². The van der Waals surface area contributed by atoms with Crippen molar-refractivity contribution in [2.75, 3.05) is 13.1 Å². The van der Waals surface area contributed by atoms with Gasteiger partial charge in [0.25, 0.3) is 0 Å². The van der Waals surface area contributed by atoms with E-state index in [1.54, 1.807) is 29.7 Å². The Bertz CT molecular complexity index is 1710. The number of amides is 1. The van der Waals surface area contributed by atoms with Gasteiger partial charge in [-0.2, -0.15) is 0 Å². The number of thiophene rings is 1. The van der Waals surface area contributed by atoms with Gasteiger partial charge in [0.1, 0.15) is 6.10 Å². The average Bonchev–Trinajstić information content (AvgIpc) is 3.88. The predicted octanol–water partition coefficient (Wildman–Crippen LogP) is 9.26. The highest BCUT2D eigenvalue weighted by Gasteiger charge is 2.74. The molecule has 1 amide bonds. The summed E-state index contributed by atoms with van der Waals surface area (Å²) in [5.74, 6) is 1.72. The zero-order valence-corrected chi connectivity index (χ0v) is 32.6. The van der Waals surface area contributed by atoms with Gasteiger partial charge in [-0.1, -0.05) is 65.3 Å². The van der Waals surface area contributed by atoms with Crippen LogP contribution in [0.1, 0.15) is 114 Å². The minimum absolute atomic E-state index is 0.00757. The summed E-state index contributed by atoms with van der Waals surface area (Å²) in [6.07, 6.45) is 16.7. The number of carbonyl (C=O) groups excluding carboxylic acids is 2. The van der Waals surface area contributed by atoms with Crippen molar-refractivity contribution in [2.45, 2.75) is 123 Å². The van der Waals surface area contributed by atoms with E-state index in [-0.39, 0.29) is 41.8 Å². The summed E-state index contributed by atoms with van der Waals surface area (Å²) in [5, 5.41) is 26.2. The number of ketones is 1. The van der Waals surface area contributed by atoms with Gasteiger partial charge in [0.2, 0.25) is 5.78 Å². The van der Waals surface area contributed by atoms with Crippen LogP contribution in [0.4, 0.5) is 4.79 Å². The minimum atomic E-state index is -1.16. The molecular formula is C44H59NO6S. The number of ether oxygens (including phenoxy) is 1. The molecule has 7 aliphatic carbocycles. The van der Waals surface area contributed by atoms with Crippen LogP contribution in [0.3, 0.4) is 0 Å². The van der Waals surface area contributed by atoms with Crippen molar-refractivity contribution in [1.82, 2.24) is 4.90 Å². The van der Waals surface area contributed by atoms with E-state index in [0.29, 0.717) is 49.3 Å². The summed E-state index contributed by atoms with van der Waals surface area (Å²) in [6.45, 7) is 12.1. The molecule has 0 aliphatic heterocycles. The molecule has 2 aromatic heterocycles. The van der Waals surface area contributed by atoms with Gasteiger partial charge in [-0.15, -0.1) is 11.3 Å². The molecule has 11 atom stereocenters. The Labute approximate surface area is 313 Å². The first-order valence-corrected chi connectivity index (χ1v) is 21.0. The maximum Gasteiger partial charge on any atom is 0.410 e. The third-order valence-electron chi connectivity index (χ3n) is 15.8. The topological polar surface area (TPSA) is 100 Å². The van der Waals surface area contributed by atoms with Gasteiger partial charge in [0, 0.05) is 33.2 Å². The fourth-order valence-corrected chi connectivity index (χ4v) is 13.5. The number of carbonyl (C=O) groups is 2. The first-order chi connectivity index (χ1) is 24.8. The number of hydrogen-bond donors (Lipinski definition) is 2. The van der Waals surface area contributed by atoms with Gasteiger partial charge in [-0.05, 0) is 123 Å². The molecule has 0 aromatic carbocycles. The van der Waals surface area contributed by atoms with Crippen molar-refractivity contribution < 1.29 is 29.0 Å². The number of aliphatic hydroxyl groups excluding tert-OH is 1. The number of hydrogen-bond acceptors (Lipinski definition) is 7. The molecule has 2 heterocycles. The molecule has 4 fully saturated rings. The van der Waals surface area contributed by atoms with Gasteiger partial charge in [0.05, 0.1) is 24.5 Å². The number of aliphatic hydroxyl groups is 2. The highest BCUT2D eigenvalue weighted by molar-refractivity contribution is 7.09. The lowest BCUT2D eigenvalue weighted by Gasteiger charge is -2.71. The van der Waals surface area contributed by atoms with E-state index in [2.05, 4.69) is 64.3 Å². The molecule has 52 heavy (non-hydrogen) atoms. The Kier molecular flexibility index (Phi) is 9.06. The van der Waals surface area contributed by atoms with Crippen molar-refractivity contribution >= 4 is 23.2 Å². The highest BCUT2D eigenvalue weighted by Crippen LogP contribution is 2.78. The van der Waals surface area contributed by atoms with Crippen LogP contribution in [0.5, 0.6) is 0 Å². The fraction of sp³-hybridized carbons (Fsp3) is 0.682. The van der Waals surface area contributed by atoms with Crippen LogP contribution in [-0.4, -0.2) is 57.9 Å². The second kappa shape index (κ2) is 13.0. The van der Waals surface area contributed by atoms with Gasteiger partial charge in [0.15, 0.2) is 5.76 Å². The molecule has 7 aliphatic rings. The Hall–Kier alpha value is -2.68. The third-order valence-corrected chi connectivity index (χ3v) is 16.8. The van der Waals surface area contributed by atoms with Crippen molar-refractivity contribution in [3.63, 3.8) is 0 Å². The largest absolute Gasteiger partial charge is 0.461 e. The molecule has 8 heteroatoms. The van der Waals surface area contributed by atoms with Crippen LogP contribution in [0.25, 0.3) is 0 Å². The van der Waals surface area contributed by atoms with Crippen LogP contribution in [-0.2, 0) is 11.2 Å². The molecule has 2 spiro atoms. The zero-order chi connectivity index (χ0) is 36.7. The van der Waals surface area contributed by atoms with Crippen molar-refractivity contribution in [1.29, 1.82) is 0 Å². The van der Waals surface area contributed by atoms with E-state index >= 15 is 0 Å². The lowest BCUT2D eigenvalue weighted by Crippen LogP contribution is -2.67. The van der Waals surface area contributed by atoms with Crippen molar-refractivity contribution in [3.8, 4) is 0 Å². The number of nitrogens with zero attached hydrogens (tertiary/aromatic N) is 1. The first-order valence-electron chi connectivity index (χ1n) is 20.2. The number of allylic oxidation sites excluding steroid dienone is 4. The van der Waals surface area contributed by atoms with E-state index in [1.807, 2.05) is 11.0 Å². The summed E-state index contributed by atoms with van der Waals surface area (Å²) in [4.78, 5) is 32.0. The highest BCUT2D eigenvalue weighted by atomic mass is 32.1. The lowest BCUT2D eigenvalue weighted by molar-refractivity contribution is -0.175. The van der Waals surface area contributed by atoms with Gasteiger partial charge in [-0.3, -0.25) is 4.79 Å². The maximum absolute atomic E-state index is 14.6. The van der Waals surface area contributed by atoms with Crippen molar-refractivity contribution in [3.05, 3.63) is 70.3 Å². The molecule has 2 bridgehead atoms. The third kappa shape index (κ3) is 5.38. The van der Waals surface area contributed by atoms with Crippen LogP contribution in [0.2, 0.25) is 0 Å².